The maximum absolute atomic E-state index is 14.0. The van der Waals surface area contributed by atoms with E-state index in [1.165, 1.54) is 12.1 Å². The molecular formula is C29H20BrCl2F3N2O9. The predicted molar refractivity (Wildman–Crippen MR) is 156 cm³/mol. The second kappa shape index (κ2) is 10.6. The summed E-state index contributed by atoms with van der Waals surface area (Å²) in [7, 11) is 0. The van der Waals surface area contributed by atoms with Gasteiger partial charge in [-0.15, -0.1) is 36.4 Å². The highest BCUT2D eigenvalue weighted by atomic mass is 79.9. The largest absolute Gasteiger partial charge is 0.573 e. The van der Waals surface area contributed by atoms with Gasteiger partial charge >= 0.3 is 12.3 Å². The Morgan fingerprint density at radius 1 is 1.00 bits per heavy atom. The molecule has 0 radical (unpaired) electrons. The van der Waals surface area contributed by atoms with Crippen molar-refractivity contribution >= 4 is 74.4 Å². The van der Waals surface area contributed by atoms with Gasteiger partial charge in [0.05, 0.1) is 23.0 Å². The zero-order chi connectivity index (χ0) is 33.7. The Kier molecular flexibility index (Phi) is 7.41. The van der Waals surface area contributed by atoms with Crippen LogP contribution >= 0.6 is 39.1 Å². The van der Waals surface area contributed by atoms with Crippen LogP contribution in [-0.2, 0) is 19.2 Å². The van der Waals surface area contributed by atoms with Crippen molar-refractivity contribution in [2.45, 2.75) is 34.9 Å². The average Bonchev–Trinajstić information content (AvgIpc) is 3.31. The van der Waals surface area contributed by atoms with Crippen molar-refractivity contribution in [1.82, 2.24) is 4.90 Å². The van der Waals surface area contributed by atoms with Crippen molar-refractivity contribution < 1.29 is 57.2 Å². The first-order valence-electron chi connectivity index (χ1n) is 13.5. The van der Waals surface area contributed by atoms with Crippen molar-refractivity contribution in [3.05, 3.63) is 59.2 Å². The number of rotatable bonds is 5. The molecule has 0 bridgehead atoms. The van der Waals surface area contributed by atoms with Crippen molar-refractivity contribution in [2.24, 2.45) is 17.8 Å². The fourth-order valence-corrected chi connectivity index (χ4v) is 8.57. The zero-order valence-corrected chi connectivity index (χ0v) is 26.0. The number of allylic oxidation sites excluding steroid dienone is 2. The van der Waals surface area contributed by atoms with Crippen molar-refractivity contribution in [2.75, 3.05) is 10.4 Å². The standard InChI is InChI=1S/C29H20BrCl2F3N2O9/c30-10-36-25(44)27(31)9-17-13(21(28(27,32)26(36)45)16-8-12(2-6-18(16)38)46-29(33,34)35)4-5-15-20(17)23(41)37(22(15)40)11-1-3-14(24(42)43)19(39)7-11/h1-4,6-8,15,17,20-21,38-39H,5,9-10H2,(H,42,43)/t15-,17+,20-,21+,27+,28-/m0/s1. The third-order valence-corrected chi connectivity index (χ3v) is 10.9. The topological polar surface area (TPSA) is 162 Å². The molecule has 0 spiro atoms. The number of alkyl halides is 6. The predicted octanol–water partition coefficient (Wildman–Crippen LogP) is 4.61. The van der Waals surface area contributed by atoms with Crippen molar-refractivity contribution in [3.63, 3.8) is 0 Å². The number of hydrogen-bond donors (Lipinski definition) is 3. The lowest BCUT2D eigenvalue weighted by Crippen LogP contribution is -2.60. The van der Waals surface area contributed by atoms with Gasteiger partial charge in [0.15, 0.2) is 9.75 Å². The number of halogens is 6. The molecular weight excluding hydrogens is 728 g/mol. The molecule has 46 heavy (non-hydrogen) atoms. The minimum Gasteiger partial charge on any atom is -0.508 e. The number of carboxylic acids is 1. The number of imide groups is 2. The molecule has 2 aromatic rings. The molecule has 242 valence electrons. The van der Waals surface area contributed by atoms with Gasteiger partial charge in [-0.3, -0.25) is 24.1 Å². The van der Waals surface area contributed by atoms with Crippen molar-refractivity contribution in [1.29, 1.82) is 0 Å². The number of aromatic carboxylic acids is 1. The maximum Gasteiger partial charge on any atom is 0.573 e. The number of carbonyl (C=O) groups excluding carboxylic acids is 4. The summed E-state index contributed by atoms with van der Waals surface area (Å²) in [5.74, 6) is -11.9. The summed E-state index contributed by atoms with van der Waals surface area (Å²) in [5.41, 5.74) is -1.09. The number of hydrogen-bond acceptors (Lipinski definition) is 8. The first-order valence-corrected chi connectivity index (χ1v) is 15.4. The van der Waals surface area contributed by atoms with E-state index in [1.807, 2.05) is 0 Å². The number of ether oxygens (including phenoxy) is 1. The van der Waals surface area contributed by atoms with Crippen molar-refractivity contribution in [3.8, 4) is 17.2 Å². The number of phenols is 2. The number of phenolic OH excluding ortho intramolecular Hbond substituents is 1. The lowest BCUT2D eigenvalue weighted by molar-refractivity contribution is -0.274. The van der Waals surface area contributed by atoms with E-state index >= 15 is 0 Å². The minimum absolute atomic E-state index is 0.112. The Morgan fingerprint density at radius 3 is 2.30 bits per heavy atom. The van der Waals surface area contributed by atoms with E-state index < -0.39 is 98.6 Å². The summed E-state index contributed by atoms with van der Waals surface area (Å²) < 4.78 is 43.5. The molecule has 0 aromatic heterocycles. The smallest absolute Gasteiger partial charge is 0.508 e. The van der Waals surface area contributed by atoms with Crippen LogP contribution in [0.15, 0.2) is 48.0 Å². The summed E-state index contributed by atoms with van der Waals surface area (Å²) in [6.45, 7) is 0. The molecule has 17 heteroatoms. The second-order valence-corrected chi connectivity index (χ2v) is 13.0. The molecule has 3 N–H and O–H groups in total. The van der Waals surface area contributed by atoms with Gasteiger partial charge in [-0.2, -0.15) is 0 Å². The van der Waals surface area contributed by atoms with Gasteiger partial charge in [0.1, 0.15) is 22.8 Å². The Labute approximate surface area is 275 Å². The molecule has 2 aliphatic heterocycles. The third kappa shape index (κ3) is 4.42. The number of amides is 4. The molecule has 6 atom stereocenters. The number of carboxylic acid groups (broad SMARTS) is 1. The highest BCUT2D eigenvalue weighted by Gasteiger charge is 2.76. The van der Waals surface area contributed by atoms with Gasteiger partial charge in [0.25, 0.3) is 11.8 Å². The SMILES string of the molecule is O=C(O)c1ccc(N2C(=O)[C@H]3[C@H](CC=C4[C@H]3C[C@@]3(Cl)C(=O)N(CBr)C(=O)[C@@]3(Cl)[C@H]4c3cc(OC(F)(F)F)ccc3O)C2=O)cc1O. The fourth-order valence-electron chi connectivity index (χ4n) is 7.15. The zero-order valence-electron chi connectivity index (χ0n) is 22.9. The number of carbonyl (C=O) groups is 5. The molecule has 4 amide bonds. The lowest BCUT2D eigenvalue weighted by Gasteiger charge is -2.50. The molecule has 2 aromatic carbocycles. The Hall–Kier alpha value is -3.82. The summed E-state index contributed by atoms with van der Waals surface area (Å²) in [4.78, 5) is 63.4. The molecule has 4 aliphatic rings. The van der Waals surface area contributed by atoms with E-state index in [2.05, 4.69) is 20.7 Å². The Bertz CT molecular complexity index is 1790. The molecule has 0 unspecified atom stereocenters. The van der Waals surface area contributed by atoms with E-state index in [1.54, 1.807) is 0 Å². The van der Waals surface area contributed by atoms with Crippen LogP contribution in [0.4, 0.5) is 18.9 Å². The Morgan fingerprint density at radius 2 is 1.70 bits per heavy atom. The van der Waals surface area contributed by atoms with Crippen LogP contribution in [0, 0.1) is 17.8 Å². The van der Waals surface area contributed by atoms with Crippen LogP contribution in [0.25, 0.3) is 0 Å². The lowest BCUT2D eigenvalue weighted by atomic mass is 9.56. The van der Waals surface area contributed by atoms with Crippen LogP contribution < -0.4 is 9.64 Å². The van der Waals surface area contributed by atoms with Gasteiger partial charge in [-0.1, -0.05) is 27.6 Å². The first-order chi connectivity index (χ1) is 21.5. The van der Waals surface area contributed by atoms with Crippen LogP contribution in [0.3, 0.4) is 0 Å². The summed E-state index contributed by atoms with van der Waals surface area (Å²) in [5, 5.41) is 30.4. The van der Waals surface area contributed by atoms with E-state index in [0.29, 0.717) is 0 Å². The molecule has 2 heterocycles. The third-order valence-electron chi connectivity index (χ3n) is 9.03. The molecule has 2 saturated heterocycles. The normalized spacial score (nSPS) is 30.6. The highest BCUT2D eigenvalue weighted by Crippen LogP contribution is 2.66. The van der Waals surface area contributed by atoms with Crippen LogP contribution in [0.2, 0.25) is 0 Å². The number of benzene rings is 2. The van der Waals surface area contributed by atoms with E-state index in [-0.39, 0.29) is 28.7 Å². The highest BCUT2D eigenvalue weighted by molar-refractivity contribution is 9.09. The van der Waals surface area contributed by atoms with Crippen LogP contribution in [0.1, 0.15) is 34.7 Å². The van der Waals surface area contributed by atoms with Crippen LogP contribution in [-0.4, -0.2) is 71.4 Å². The number of fused-ring (bicyclic) bond motifs is 4. The minimum atomic E-state index is -5.13. The first kappa shape index (κ1) is 32.1. The molecule has 11 nitrogen and oxygen atoms in total. The molecule has 3 fully saturated rings. The summed E-state index contributed by atoms with van der Waals surface area (Å²) >= 11 is 17.2. The molecule has 6 rings (SSSR count). The maximum atomic E-state index is 14.0. The average molecular weight is 748 g/mol. The van der Waals surface area contributed by atoms with E-state index in [4.69, 9.17) is 23.2 Å². The number of likely N-dealkylation sites (tertiary alicyclic amines) is 1. The van der Waals surface area contributed by atoms with Gasteiger partial charge < -0.3 is 20.1 Å². The quantitative estimate of drug-likeness (QED) is 0.172. The number of nitrogens with zero attached hydrogens (tertiary/aromatic N) is 2. The monoisotopic (exact) mass is 746 g/mol. The fraction of sp³-hybridized carbons (Fsp3) is 0.345. The Balaban J connectivity index is 1.51. The van der Waals surface area contributed by atoms with E-state index in [0.717, 1.165) is 40.1 Å². The summed E-state index contributed by atoms with van der Waals surface area (Å²) in [6.07, 6.45) is -4.18. The molecule has 1 saturated carbocycles. The van der Waals surface area contributed by atoms with Gasteiger partial charge in [0.2, 0.25) is 11.8 Å². The number of anilines is 1. The van der Waals surface area contributed by atoms with Gasteiger partial charge in [0, 0.05) is 17.5 Å². The molecule has 2 aliphatic carbocycles. The second-order valence-electron chi connectivity index (χ2n) is 11.3. The van der Waals surface area contributed by atoms with E-state index in [9.17, 15) is 52.5 Å². The number of aromatic hydroxyl groups is 2. The summed E-state index contributed by atoms with van der Waals surface area (Å²) in [6, 6.07) is 5.67. The van der Waals surface area contributed by atoms with Crippen LogP contribution in [0.5, 0.6) is 17.2 Å². The van der Waals surface area contributed by atoms with Gasteiger partial charge in [-0.05, 0) is 49.1 Å². The van der Waals surface area contributed by atoms with Gasteiger partial charge in [-0.25, -0.2) is 9.69 Å².